The zero-order chi connectivity index (χ0) is 19.1. The fraction of sp³-hybridized carbons (Fsp3) is 0.273. The van der Waals surface area contributed by atoms with Crippen molar-refractivity contribution in [2.45, 2.75) is 13.8 Å². The Morgan fingerprint density at radius 3 is 2.52 bits per heavy atom. The lowest BCUT2D eigenvalue weighted by molar-refractivity contribution is 0.316. The SMILES string of the molecule is CCN(CC)CCNc1nc(C=Cc2ccccc2)nc2cc(Cl)ccc12. The molecule has 0 atom stereocenters. The molecule has 0 spiro atoms. The lowest BCUT2D eigenvalue weighted by Crippen LogP contribution is -2.28. The summed E-state index contributed by atoms with van der Waals surface area (Å²) >= 11 is 6.17. The molecule has 0 amide bonds. The zero-order valence-corrected chi connectivity index (χ0v) is 16.6. The highest BCUT2D eigenvalue weighted by Crippen LogP contribution is 2.24. The van der Waals surface area contributed by atoms with Crippen molar-refractivity contribution >= 4 is 40.5 Å². The van der Waals surface area contributed by atoms with Gasteiger partial charge in [0.2, 0.25) is 0 Å². The first-order chi connectivity index (χ1) is 13.2. The van der Waals surface area contributed by atoms with Gasteiger partial charge in [-0.2, -0.15) is 0 Å². The molecule has 0 unspecified atom stereocenters. The minimum absolute atomic E-state index is 0.666. The van der Waals surface area contributed by atoms with Gasteiger partial charge in [0, 0.05) is 23.5 Å². The Morgan fingerprint density at radius 2 is 1.78 bits per heavy atom. The van der Waals surface area contributed by atoms with Crippen LogP contribution in [0, 0.1) is 0 Å². The molecular formula is C22H25ClN4. The van der Waals surface area contributed by atoms with Crippen LogP contribution in [0.2, 0.25) is 5.02 Å². The van der Waals surface area contributed by atoms with Crippen LogP contribution < -0.4 is 5.32 Å². The van der Waals surface area contributed by atoms with E-state index in [0.29, 0.717) is 10.8 Å². The standard InChI is InChI=1S/C22H25ClN4/c1-3-27(4-2)15-14-24-22-19-12-11-18(23)16-20(19)25-21(26-22)13-10-17-8-6-5-7-9-17/h5-13,16H,3-4,14-15H2,1-2H3,(H,24,25,26). The maximum absolute atomic E-state index is 6.17. The summed E-state index contributed by atoms with van der Waals surface area (Å²) in [5, 5.41) is 5.13. The molecule has 0 radical (unpaired) electrons. The maximum Gasteiger partial charge on any atom is 0.154 e. The second kappa shape index (κ2) is 9.49. The molecule has 0 aliphatic carbocycles. The van der Waals surface area contributed by atoms with Crippen molar-refractivity contribution in [1.82, 2.24) is 14.9 Å². The van der Waals surface area contributed by atoms with Gasteiger partial charge in [0.25, 0.3) is 0 Å². The molecule has 5 heteroatoms. The van der Waals surface area contributed by atoms with Gasteiger partial charge in [-0.15, -0.1) is 0 Å². The first-order valence-electron chi connectivity index (χ1n) is 9.36. The van der Waals surface area contributed by atoms with Gasteiger partial charge in [-0.1, -0.05) is 61.9 Å². The van der Waals surface area contributed by atoms with Gasteiger partial charge in [-0.3, -0.25) is 0 Å². The summed E-state index contributed by atoms with van der Waals surface area (Å²) in [5.74, 6) is 1.51. The molecule has 140 valence electrons. The van der Waals surface area contributed by atoms with Gasteiger partial charge in [0.1, 0.15) is 5.82 Å². The highest BCUT2D eigenvalue weighted by Gasteiger charge is 2.08. The van der Waals surface area contributed by atoms with E-state index in [1.54, 1.807) is 0 Å². The lowest BCUT2D eigenvalue weighted by Gasteiger charge is -2.18. The van der Waals surface area contributed by atoms with Gasteiger partial charge in [0.15, 0.2) is 5.82 Å². The first kappa shape index (κ1) is 19.3. The Morgan fingerprint density at radius 1 is 1.00 bits per heavy atom. The number of hydrogen-bond acceptors (Lipinski definition) is 4. The van der Waals surface area contributed by atoms with Gasteiger partial charge in [-0.05, 0) is 42.9 Å². The van der Waals surface area contributed by atoms with Crippen LogP contribution in [0.3, 0.4) is 0 Å². The quantitative estimate of drug-likeness (QED) is 0.582. The molecule has 2 aromatic carbocycles. The van der Waals surface area contributed by atoms with E-state index in [9.17, 15) is 0 Å². The molecule has 0 fully saturated rings. The minimum atomic E-state index is 0.666. The smallest absolute Gasteiger partial charge is 0.154 e. The zero-order valence-electron chi connectivity index (χ0n) is 15.8. The van der Waals surface area contributed by atoms with Gasteiger partial charge in [-0.25, -0.2) is 9.97 Å². The summed E-state index contributed by atoms with van der Waals surface area (Å²) in [4.78, 5) is 11.8. The number of hydrogen-bond donors (Lipinski definition) is 1. The fourth-order valence-corrected chi connectivity index (χ4v) is 3.10. The van der Waals surface area contributed by atoms with Crippen molar-refractivity contribution in [3.63, 3.8) is 0 Å². The van der Waals surface area contributed by atoms with E-state index in [1.165, 1.54) is 0 Å². The second-order valence-electron chi connectivity index (χ2n) is 6.29. The van der Waals surface area contributed by atoms with E-state index in [1.807, 2.05) is 48.6 Å². The van der Waals surface area contributed by atoms with Crippen LogP contribution in [-0.4, -0.2) is 41.0 Å². The highest BCUT2D eigenvalue weighted by molar-refractivity contribution is 6.31. The summed E-state index contributed by atoms with van der Waals surface area (Å²) in [6.07, 6.45) is 3.96. The molecule has 1 aromatic heterocycles. The van der Waals surface area contributed by atoms with Crippen LogP contribution >= 0.6 is 11.6 Å². The van der Waals surface area contributed by atoms with Crippen LogP contribution in [0.1, 0.15) is 25.2 Å². The molecule has 1 heterocycles. The summed E-state index contributed by atoms with van der Waals surface area (Å²) < 4.78 is 0. The number of nitrogens with one attached hydrogen (secondary N) is 1. The van der Waals surface area contributed by atoms with E-state index in [2.05, 4.69) is 41.2 Å². The number of halogens is 1. The summed E-state index contributed by atoms with van der Waals surface area (Å²) in [7, 11) is 0. The molecule has 4 nitrogen and oxygen atoms in total. The van der Waals surface area contributed by atoms with Crippen LogP contribution in [0.15, 0.2) is 48.5 Å². The van der Waals surface area contributed by atoms with E-state index in [0.717, 1.165) is 48.5 Å². The average molecular weight is 381 g/mol. The Balaban J connectivity index is 1.87. The number of likely N-dealkylation sites (N-methyl/N-ethyl adjacent to an activating group) is 1. The van der Waals surface area contributed by atoms with Crippen molar-refractivity contribution in [3.8, 4) is 0 Å². The first-order valence-corrected chi connectivity index (χ1v) is 9.74. The third-order valence-electron chi connectivity index (χ3n) is 4.52. The van der Waals surface area contributed by atoms with Crippen molar-refractivity contribution < 1.29 is 0 Å². The van der Waals surface area contributed by atoms with E-state index in [4.69, 9.17) is 16.6 Å². The normalized spacial score (nSPS) is 11.6. The summed E-state index contributed by atoms with van der Waals surface area (Å²) in [6.45, 7) is 8.25. The third kappa shape index (κ3) is 5.28. The Hall–Kier alpha value is -2.43. The highest BCUT2D eigenvalue weighted by atomic mass is 35.5. The second-order valence-corrected chi connectivity index (χ2v) is 6.73. The molecule has 27 heavy (non-hydrogen) atoms. The number of fused-ring (bicyclic) bond motifs is 1. The molecule has 0 saturated carbocycles. The van der Waals surface area contributed by atoms with E-state index >= 15 is 0 Å². The van der Waals surface area contributed by atoms with Crippen molar-refractivity contribution in [2.75, 3.05) is 31.5 Å². The topological polar surface area (TPSA) is 41.0 Å². The number of benzene rings is 2. The molecule has 3 rings (SSSR count). The molecule has 0 saturated heterocycles. The summed E-state index contributed by atoms with van der Waals surface area (Å²) in [6, 6.07) is 15.9. The Labute approximate surface area is 165 Å². The largest absolute Gasteiger partial charge is 0.368 e. The van der Waals surface area contributed by atoms with Crippen LogP contribution in [0.25, 0.3) is 23.1 Å². The molecule has 1 N–H and O–H groups in total. The molecular weight excluding hydrogens is 356 g/mol. The molecule has 0 aliphatic heterocycles. The summed E-state index contributed by atoms with van der Waals surface area (Å²) in [5.41, 5.74) is 1.96. The maximum atomic E-state index is 6.17. The average Bonchev–Trinajstić information content (AvgIpc) is 2.70. The minimum Gasteiger partial charge on any atom is -0.368 e. The predicted octanol–water partition coefficient (Wildman–Crippen LogP) is 5.21. The van der Waals surface area contributed by atoms with Gasteiger partial charge >= 0.3 is 0 Å². The van der Waals surface area contributed by atoms with Crippen LogP contribution in [-0.2, 0) is 0 Å². The lowest BCUT2D eigenvalue weighted by atomic mass is 10.2. The van der Waals surface area contributed by atoms with Crippen molar-refractivity contribution in [2.24, 2.45) is 0 Å². The predicted molar refractivity (Wildman–Crippen MR) is 116 cm³/mol. The van der Waals surface area contributed by atoms with E-state index in [-0.39, 0.29) is 0 Å². The van der Waals surface area contributed by atoms with Crippen LogP contribution in [0.4, 0.5) is 5.82 Å². The monoisotopic (exact) mass is 380 g/mol. The van der Waals surface area contributed by atoms with Crippen molar-refractivity contribution in [3.05, 3.63) is 64.9 Å². The third-order valence-corrected chi connectivity index (χ3v) is 4.75. The van der Waals surface area contributed by atoms with Crippen molar-refractivity contribution in [1.29, 1.82) is 0 Å². The number of rotatable bonds is 8. The van der Waals surface area contributed by atoms with E-state index < -0.39 is 0 Å². The number of anilines is 1. The number of aromatic nitrogens is 2. The molecule has 0 bridgehead atoms. The Kier molecular flexibility index (Phi) is 6.80. The Bertz CT molecular complexity index is 905. The molecule has 0 aliphatic rings. The van der Waals surface area contributed by atoms with Crippen LogP contribution in [0.5, 0.6) is 0 Å². The van der Waals surface area contributed by atoms with Gasteiger partial charge < -0.3 is 10.2 Å². The van der Waals surface area contributed by atoms with Gasteiger partial charge in [0.05, 0.1) is 5.52 Å². The number of nitrogens with zero attached hydrogens (tertiary/aromatic N) is 3. The fourth-order valence-electron chi connectivity index (χ4n) is 2.94. The molecule has 3 aromatic rings.